The van der Waals surface area contributed by atoms with Crippen molar-refractivity contribution in [3.05, 3.63) is 90.0 Å². The average molecular weight is 330 g/mol. The minimum absolute atomic E-state index is 0.180. The average Bonchev–Trinajstić information content (AvgIpc) is 2.63. The molecule has 0 unspecified atom stereocenters. The number of carbonyl (C=O) groups excluding carboxylic acids is 1. The van der Waals surface area contributed by atoms with Crippen LogP contribution in [0.25, 0.3) is 11.1 Å². The Morgan fingerprint density at radius 2 is 1.56 bits per heavy atom. The number of hydrogen-bond donors (Lipinski definition) is 2. The van der Waals surface area contributed by atoms with E-state index < -0.39 is 0 Å². The van der Waals surface area contributed by atoms with E-state index in [4.69, 9.17) is 0 Å². The van der Waals surface area contributed by atoms with Gasteiger partial charge in [-0.05, 0) is 42.2 Å². The van der Waals surface area contributed by atoms with Gasteiger partial charge in [0.15, 0.2) is 0 Å². The summed E-state index contributed by atoms with van der Waals surface area (Å²) in [5.74, 6) is 0. The third-order valence-corrected chi connectivity index (χ3v) is 4.03. The summed E-state index contributed by atoms with van der Waals surface area (Å²) in [6.45, 7) is 2.68. The quantitative estimate of drug-likeness (QED) is 0.677. The van der Waals surface area contributed by atoms with Crippen LogP contribution in [0, 0.1) is 6.92 Å². The lowest BCUT2D eigenvalue weighted by Crippen LogP contribution is -2.30. The second kappa shape index (κ2) is 8.15. The summed E-state index contributed by atoms with van der Waals surface area (Å²) in [4.78, 5) is 12.0. The molecule has 3 nitrogen and oxygen atoms in total. The van der Waals surface area contributed by atoms with Gasteiger partial charge < -0.3 is 10.6 Å². The van der Waals surface area contributed by atoms with Crippen LogP contribution in [-0.2, 0) is 6.42 Å². The van der Waals surface area contributed by atoms with Crippen LogP contribution < -0.4 is 10.6 Å². The SMILES string of the molecule is Cc1cccc(CCNC(=O)Nc2ccc(-c3ccccc3)cc2)c1. The smallest absolute Gasteiger partial charge is 0.319 e. The highest BCUT2D eigenvalue weighted by Crippen LogP contribution is 2.20. The van der Waals surface area contributed by atoms with Crippen LogP contribution >= 0.6 is 0 Å². The number of hydrogen-bond acceptors (Lipinski definition) is 1. The molecular formula is C22H22N2O. The molecule has 3 aromatic carbocycles. The lowest BCUT2D eigenvalue weighted by Gasteiger charge is -2.09. The molecule has 0 saturated heterocycles. The predicted octanol–water partition coefficient (Wildman–Crippen LogP) is 5.03. The van der Waals surface area contributed by atoms with E-state index in [0.717, 1.165) is 23.2 Å². The Morgan fingerprint density at radius 3 is 2.28 bits per heavy atom. The molecular weight excluding hydrogens is 308 g/mol. The lowest BCUT2D eigenvalue weighted by molar-refractivity contribution is 0.252. The van der Waals surface area contributed by atoms with Crippen LogP contribution in [0.5, 0.6) is 0 Å². The minimum atomic E-state index is -0.180. The maximum absolute atomic E-state index is 12.0. The van der Waals surface area contributed by atoms with Crippen molar-refractivity contribution in [2.24, 2.45) is 0 Å². The molecule has 0 aliphatic heterocycles. The highest BCUT2D eigenvalue weighted by Gasteiger charge is 2.02. The molecule has 2 amide bonds. The van der Waals surface area contributed by atoms with E-state index in [9.17, 15) is 4.79 Å². The molecule has 3 rings (SSSR count). The van der Waals surface area contributed by atoms with Gasteiger partial charge in [-0.25, -0.2) is 4.79 Å². The van der Waals surface area contributed by atoms with Crippen molar-refractivity contribution in [2.45, 2.75) is 13.3 Å². The van der Waals surface area contributed by atoms with E-state index in [1.54, 1.807) is 0 Å². The van der Waals surface area contributed by atoms with Gasteiger partial charge in [-0.2, -0.15) is 0 Å². The van der Waals surface area contributed by atoms with Gasteiger partial charge in [0.05, 0.1) is 0 Å². The van der Waals surface area contributed by atoms with Gasteiger partial charge >= 0.3 is 6.03 Å². The molecule has 0 heterocycles. The molecule has 0 radical (unpaired) electrons. The number of rotatable bonds is 5. The molecule has 126 valence electrons. The summed E-state index contributed by atoms with van der Waals surface area (Å²) in [6, 6.07) is 26.2. The second-order valence-electron chi connectivity index (χ2n) is 6.06. The topological polar surface area (TPSA) is 41.1 Å². The summed E-state index contributed by atoms with van der Waals surface area (Å²) in [5.41, 5.74) is 5.54. The van der Waals surface area contributed by atoms with Gasteiger partial charge in [-0.3, -0.25) is 0 Å². The maximum Gasteiger partial charge on any atom is 0.319 e. The molecule has 0 aliphatic rings. The zero-order chi connectivity index (χ0) is 17.5. The first-order valence-electron chi connectivity index (χ1n) is 8.46. The molecule has 0 atom stereocenters. The molecule has 0 bridgehead atoms. The number of benzene rings is 3. The van der Waals surface area contributed by atoms with Gasteiger partial charge in [0.2, 0.25) is 0 Å². The van der Waals surface area contributed by atoms with Gasteiger partial charge in [-0.15, -0.1) is 0 Å². The molecule has 2 N–H and O–H groups in total. The fraction of sp³-hybridized carbons (Fsp3) is 0.136. The molecule has 25 heavy (non-hydrogen) atoms. The Morgan fingerprint density at radius 1 is 0.840 bits per heavy atom. The van der Waals surface area contributed by atoms with Crippen molar-refractivity contribution in [1.82, 2.24) is 5.32 Å². The van der Waals surface area contributed by atoms with Crippen molar-refractivity contribution in [2.75, 3.05) is 11.9 Å². The van der Waals surface area contributed by atoms with E-state index in [2.05, 4.69) is 47.9 Å². The highest BCUT2D eigenvalue weighted by molar-refractivity contribution is 5.89. The number of amides is 2. The molecule has 3 heteroatoms. The Hall–Kier alpha value is -3.07. The standard InChI is InChI=1S/C22H22N2O/c1-17-6-5-7-18(16-17)14-15-23-22(25)24-21-12-10-20(11-13-21)19-8-3-2-4-9-19/h2-13,16H,14-15H2,1H3,(H2,23,24,25). The van der Waals surface area contributed by atoms with Crippen LogP contribution in [0.1, 0.15) is 11.1 Å². The van der Waals surface area contributed by atoms with E-state index in [1.165, 1.54) is 11.1 Å². The van der Waals surface area contributed by atoms with Crippen LogP contribution in [0.4, 0.5) is 10.5 Å². The number of aryl methyl sites for hydroxylation is 1. The normalized spacial score (nSPS) is 10.3. The lowest BCUT2D eigenvalue weighted by atomic mass is 10.1. The highest BCUT2D eigenvalue weighted by atomic mass is 16.2. The summed E-state index contributed by atoms with van der Waals surface area (Å²) < 4.78 is 0. The fourth-order valence-electron chi connectivity index (χ4n) is 2.74. The van der Waals surface area contributed by atoms with Crippen LogP contribution in [0.2, 0.25) is 0 Å². The maximum atomic E-state index is 12.0. The number of carbonyl (C=O) groups is 1. The summed E-state index contributed by atoms with van der Waals surface area (Å²) in [5, 5.41) is 5.76. The van der Waals surface area contributed by atoms with E-state index >= 15 is 0 Å². The fourth-order valence-corrected chi connectivity index (χ4v) is 2.74. The van der Waals surface area contributed by atoms with Gasteiger partial charge in [-0.1, -0.05) is 72.3 Å². The Balaban J connectivity index is 1.49. The Bertz CT molecular complexity index is 826. The van der Waals surface area contributed by atoms with E-state index in [-0.39, 0.29) is 6.03 Å². The third-order valence-electron chi connectivity index (χ3n) is 4.03. The summed E-state index contributed by atoms with van der Waals surface area (Å²) >= 11 is 0. The zero-order valence-electron chi connectivity index (χ0n) is 14.3. The second-order valence-corrected chi connectivity index (χ2v) is 6.06. The largest absolute Gasteiger partial charge is 0.338 e. The van der Waals surface area contributed by atoms with Gasteiger partial charge in [0.1, 0.15) is 0 Å². The summed E-state index contributed by atoms with van der Waals surface area (Å²) in [7, 11) is 0. The minimum Gasteiger partial charge on any atom is -0.338 e. The Labute approximate surface area is 148 Å². The molecule has 0 fully saturated rings. The molecule has 0 aromatic heterocycles. The zero-order valence-corrected chi connectivity index (χ0v) is 14.3. The van der Waals surface area contributed by atoms with E-state index in [1.807, 2.05) is 48.5 Å². The molecule has 0 saturated carbocycles. The van der Waals surface area contributed by atoms with E-state index in [0.29, 0.717) is 6.54 Å². The van der Waals surface area contributed by atoms with Crippen molar-refractivity contribution in [1.29, 1.82) is 0 Å². The number of anilines is 1. The predicted molar refractivity (Wildman–Crippen MR) is 104 cm³/mol. The van der Waals surface area contributed by atoms with Crippen molar-refractivity contribution >= 4 is 11.7 Å². The first kappa shape index (κ1) is 16.8. The molecule has 0 spiro atoms. The van der Waals surface area contributed by atoms with Crippen LogP contribution in [0.15, 0.2) is 78.9 Å². The number of nitrogens with one attached hydrogen (secondary N) is 2. The van der Waals surface area contributed by atoms with Crippen molar-refractivity contribution < 1.29 is 4.79 Å². The van der Waals surface area contributed by atoms with Crippen LogP contribution in [0.3, 0.4) is 0 Å². The van der Waals surface area contributed by atoms with Gasteiger partial charge in [0.25, 0.3) is 0 Å². The number of urea groups is 1. The molecule has 3 aromatic rings. The Kier molecular flexibility index (Phi) is 5.47. The van der Waals surface area contributed by atoms with Crippen LogP contribution in [-0.4, -0.2) is 12.6 Å². The monoisotopic (exact) mass is 330 g/mol. The van der Waals surface area contributed by atoms with Crippen molar-refractivity contribution in [3.8, 4) is 11.1 Å². The van der Waals surface area contributed by atoms with Crippen molar-refractivity contribution in [3.63, 3.8) is 0 Å². The summed E-state index contributed by atoms with van der Waals surface area (Å²) in [6.07, 6.45) is 0.821. The first-order chi connectivity index (χ1) is 12.2. The van der Waals surface area contributed by atoms with Gasteiger partial charge in [0, 0.05) is 12.2 Å². The molecule has 0 aliphatic carbocycles. The third kappa shape index (κ3) is 4.95. The first-order valence-corrected chi connectivity index (χ1v) is 8.46.